The second kappa shape index (κ2) is 7.06. The van der Waals surface area contributed by atoms with Gasteiger partial charge in [0.25, 0.3) is 0 Å². The number of aromatic carboxylic acids is 2. The van der Waals surface area contributed by atoms with Crippen molar-refractivity contribution < 1.29 is 24.9 Å². The molecule has 0 aliphatic carbocycles. The molecule has 2 rings (SSSR count). The number of nitrogens with zero attached hydrogens (tertiary/aromatic N) is 1. The van der Waals surface area contributed by atoms with Gasteiger partial charge in [-0.2, -0.15) is 0 Å². The lowest BCUT2D eigenvalue weighted by Crippen LogP contribution is -2.17. The van der Waals surface area contributed by atoms with Gasteiger partial charge in [-0.25, -0.2) is 9.59 Å². The fourth-order valence-corrected chi connectivity index (χ4v) is 1.93. The second-order valence-electron chi connectivity index (χ2n) is 4.62. The van der Waals surface area contributed by atoms with Gasteiger partial charge in [-0.1, -0.05) is 0 Å². The summed E-state index contributed by atoms with van der Waals surface area (Å²) in [6.45, 7) is 1.69. The zero-order valence-corrected chi connectivity index (χ0v) is 12.4. The Morgan fingerprint density at radius 1 is 1.27 bits per heavy atom. The maximum Gasteiger partial charge on any atom is 0.339 e. The van der Waals surface area contributed by atoms with Crippen LogP contribution in [0.1, 0.15) is 27.6 Å². The quantitative estimate of drug-likeness (QED) is 0.661. The van der Waals surface area contributed by atoms with Crippen molar-refractivity contribution in [1.82, 2.24) is 4.98 Å². The van der Waals surface area contributed by atoms with Crippen LogP contribution >= 0.6 is 12.4 Å². The fraction of sp³-hybridized carbons (Fsp3) is 0.214. The number of nitrogens with one attached hydrogen (secondary N) is 1. The molecule has 1 aromatic carbocycles. The van der Waals surface area contributed by atoms with E-state index in [4.69, 9.17) is 5.11 Å². The standard InChI is InChI=1S/C14H14N2O5.ClH/c1-7(17)5-16-12-9-4-8(13(18)19)2-3-11(9)15-6-10(12)14(20)21;/h2-4,6-7,17H,5H2,1H3,(H,15,16)(H,18,19)(H,20,21);1H. The number of rotatable bonds is 5. The molecular weight excluding hydrogens is 312 g/mol. The average molecular weight is 327 g/mol. The van der Waals surface area contributed by atoms with E-state index in [0.717, 1.165) is 0 Å². The summed E-state index contributed by atoms with van der Waals surface area (Å²) < 4.78 is 0. The summed E-state index contributed by atoms with van der Waals surface area (Å²) in [5, 5.41) is 30.8. The lowest BCUT2D eigenvalue weighted by atomic mass is 10.1. The highest BCUT2D eigenvalue weighted by Gasteiger charge is 2.16. The summed E-state index contributed by atoms with van der Waals surface area (Å²) in [6.07, 6.45) is 0.521. The van der Waals surface area contributed by atoms with Crippen molar-refractivity contribution in [3.63, 3.8) is 0 Å². The van der Waals surface area contributed by atoms with Crippen LogP contribution in [0.2, 0.25) is 0 Å². The third-order valence-corrected chi connectivity index (χ3v) is 2.92. The van der Waals surface area contributed by atoms with Crippen molar-refractivity contribution in [2.45, 2.75) is 13.0 Å². The van der Waals surface area contributed by atoms with Crippen LogP contribution in [0.4, 0.5) is 5.69 Å². The summed E-state index contributed by atoms with van der Waals surface area (Å²) >= 11 is 0. The van der Waals surface area contributed by atoms with Crippen LogP contribution < -0.4 is 5.32 Å². The van der Waals surface area contributed by atoms with Crippen LogP contribution in [0.15, 0.2) is 24.4 Å². The van der Waals surface area contributed by atoms with E-state index in [1.807, 2.05) is 0 Å². The Morgan fingerprint density at radius 2 is 1.95 bits per heavy atom. The summed E-state index contributed by atoms with van der Waals surface area (Å²) in [4.78, 5) is 26.3. The maximum atomic E-state index is 11.3. The van der Waals surface area contributed by atoms with Crippen molar-refractivity contribution in [3.05, 3.63) is 35.5 Å². The number of aromatic nitrogens is 1. The van der Waals surface area contributed by atoms with Crippen LogP contribution in [0, 0.1) is 0 Å². The minimum atomic E-state index is -1.18. The first-order valence-corrected chi connectivity index (χ1v) is 6.21. The van der Waals surface area contributed by atoms with Gasteiger partial charge in [0, 0.05) is 18.1 Å². The number of anilines is 1. The minimum absolute atomic E-state index is 0. The first-order valence-electron chi connectivity index (χ1n) is 6.21. The maximum absolute atomic E-state index is 11.3. The zero-order valence-electron chi connectivity index (χ0n) is 11.6. The third-order valence-electron chi connectivity index (χ3n) is 2.92. The number of pyridine rings is 1. The van der Waals surface area contributed by atoms with Crippen LogP contribution in [0.5, 0.6) is 0 Å². The van der Waals surface area contributed by atoms with Crippen LogP contribution in [0.25, 0.3) is 10.9 Å². The van der Waals surface area contributed by atoms with Gasteiger partial charge >= 0.3 is 11.9 Å². The molecule has 4 N–H and O–H groups in total. The molecule has 1 atom stereocenters. The van der Waals surface area contributed by atoms with E-state index in [9.17, 15) is 19.8 Å². The van der Waals surface area contributed by atoms with Gasteiger partial charge in [-0.05, 0) is 25.1 Å². The molecule has 0 saturated carbocycles. The van der Waals surface area contributed by atoms with Gasteiger partial charge in [0.2, 0.25) is 0 Å². The number of carboxylic acids is 2. The number of aliphatic hydroxyl groups is 1. The Labute approximate surface area is 132 Å². The topological polar surface area (TPSA) is 120 Å². The molecule has 0 aliphatic rings. The highest BCUT2D eigenvalue weighted by atomic mass is 35.5. The second-order valence-corrected chi connectivity index (χ2v) is 4.62. The molecule has 0 fully saturated rings. The molecule has 0 radical (unpaired) electrons. The van der Waals surface area contributed by atoms with Crippen molar-refractivity contribution >= 4 is 40.9 Å². The van der Waals surface area contributed by atoms with Crippen LogP contribution in [-0.2, 0) is 0 Å². The van der Waals surface area contributed by atoms with E-state index in [1.165, 1.54) is 24.4 Å². The molecule has 0 aliphatic heterocycles. The van der Waals surface area contributed by atoms with Crippen molar-refractivity contribution in [2.24, 2.45) is 0 Å². The molecule has 8 heteroatoms. The van der Waals surface area contributed by atoms with Crippen molar-refractivity contribution in [2.75, 3.05) is 11.9 Å². The molecule has 0 bridgehead atoms. The fourth-order valence-electron chi connectivity index (χ4n) is 1.93. The first kappa shape index (κ1) is 17.7. The number of carboxylic acid groups (broad SMARTS) is 2. The number of benzene rings is 1. The smallest absolute Gasteiger partial charge is 0.339 e. The van der Waals surface area contributed by atoms with E-state index in [1.54, 1.807) is 6.92 Å². The van der Waals surface area contributed by atoms with Gasteiger partial charge < -0.3 is 20.6 Å². The Kier molecular flexibility index (Phi) is 5.67. The number of hydrogen-bond donors (Lipinski definition) is 4. The summed E-state index contributed by atoms with van der Waals surface area (Å²) in [6, 6.07) is 4.27. The normalized spacial score (nSPS) is 11.5. The van der Waals surface area contributed by atoms with E-state index in [0.29, 0.717) is 10.9 Å². The minimum Gasteiger partial charge on any atom is -0.478 e. The Bertz CT molecular complexity index is 712. The monoisotopic (exact) mass is 326 g/mol. The Morgan fingerprint density at radius 3 is 2.50 bits per heavy atom. The zero-order chi connectivity index (χ0) is 15.6. The molecule has 1 unspecified atom stereocenters. The molecule has 0 spiro atoms. The van der Waals surface area contributed by atoms with Crippen molar-refractivity contribution in [1.29, 1.82) is 0 Å². The lowest BCUT2D eigenvalue weighted by Gasteiger charge is -2.14. The number of fused-ring (bicyclic) bond motifs is 1. The summed E-state index contributed by atoms with van der Waals surface area (Å²) in [7, 11) is 0. The lowest BCUT2D eigenvalue weighted by molar-refractivity contribution is 0.0687. The molecule has 0 saturated heterocycles. The van der Waals surface area contributed by atoms with Gasteiger partial charge in [-0.15, -0.1) is 12.4 Å². The number of halogens is 1. The number of carbonyl (C=O) groups is 2. The SMILES string of the molecule is CC(O)CNc1c(C(=O)O)cnc2ccc(C(=O)O)cc12.Cl. The average Bonchev–Trinajstić information content (AvgIpc) is 2.43. The molecule has 7 nitrogen and oxygen atoms in total. The first-order chi connectivity index (χ1) is 9.90. The largest absolute Gasteiger partial charge is 0.478 e. The Balaban J connectivity index is 0.00000242. The number of aliphatic hydroxyl groups excluding tert-OH is 1. The molecule has 2 aromatic rings. The highest BCUT2D eigenvalue weighted by Crippen LogP contribution is 2.27. The van der Waals surface area contributed by atoms with Gasteiger partial charge in [0.15, 0.2) is 0 Å². The summed E-state index contributed by atoms with van der Waals surface area (Å²) in [5.41, 5.74) is 0.673. The van der Waals surface area contributed by atoms with E-state index in [-0.39, 0.29) is 35.8 Å². The van der Waals surface area contributed by atoms with E-state index < -0.39 is 18.0 Å². The Hall–Kier alpha value is -2.38. The highest BCUT2D eigenvalue weighted by molar-refractivity contribution is 6.06. The third kappa shape index (κ3) is 3.63. The van der Waals surface area contributed by atoms with E-state index >= 15 is 0 Å². The summed E-state index contributed by atoms with van der Waals surface area (Å²) in [5.74, 6) is -2.29. The predicted octanol–water partition coefficient (Wildman–Crippen LogP) is 1.85. The number of hydrogen-bond acceptors (Lipinski definition) is 5. The predicted molar refractivity (Wildman–Crippen MR) is 83.1 cm³/mol. The molecule has 1 heterocycles. The van der Waals surface area contributed by atoms with Gasteiger partial charge in [0.05, 0.1) is 22.9 Å². The van der Waals surface area contributed by atoms with Gasteiger partial charge in [0.1, 0.15) is 5.56 Å². The van der Waals surface area contributed by atoms with Crippen LogP contribution in [0.3, 0.4) is 0 Å². The molecule has 118 valence electrons. The molecule has 1 aromatic heterocycles. The molecule has 22 heavy (non-hydrogen) atoms. The van der Waals surface area contributed by atoms with Crippen molar-refractivity contribution in [3.8, 4) is 0 Å². The molecular formula is C14H15ClN2O5. The van der Waals surface area contributed by atoms with E-state index in [2.05, 4.69) is 10.3 Å². The molecule has 0 amide bonds. The van der Waals surface area contributed by atoms with Crippen LogP contribution in [-0.4, -0.2) is 44.9 Å². The van der Waals surface area contributed by atoms with Gasteiger partial charge in [-0.3, -0.25) is 4.98 Å².